The van der Waals surface area contributed by atoms with E-state index in [0.29, 0.717) is 18.9 Å². The zero-order valence-electron chi connectivity index (χ0n) is 9.78. The van der Waals surface area contributed by atoms with E-state index in [4.69, 9.17) is 4.74 Å². The molecule has 0 aliphatic carbocycles. The lowest BCUT2D eigenvalue weighted by Gasteiger charge is -2.28. The molecular weight excluding hydrogens is 223 g/mol. The van der Waals surface area contributed by atoms with Gasteiger partial charge in [-0.05, 0) is 12.1 Å². The largest absolute Gasteiger partial charge is 0.378 e. The number of halogens is 1. The Labute approximate surface area is 99.4 Å². The van der Waals surface area contributed by atoms with Crippen molar-refractivity contribution in [2.75, 3.05) is 31.2 Å². The highest BCUT2D eigenvalue weighted by Gasteiger charge is 2.15. The van der Waals surface area contributed by atoms with Crippen molar-refractivity contribution in [1.29, 1.82) is 0 Å². The van der Waals surface area contributed by atoms with E-state index >= 15 is 0 Å². The Kier molecular flexibility index (Phi) is 3.71. The highest BCUT2D eigenvalue weighted by Crippen LogP contribution is 2.20. The number of benzene rings is 1. The Morgan fingerprint density at radius 1 is 1.41 bits per heavy atom. The van der Waals surface area contributed by atoms with Crippen LogP contribution in [-0.4, -0.2) is 32.2 Å². The number of quaternary nitrogens is 1. The van der Waals surface area contributed by atoms with Gasteiger partial charge < -0.3 is 9.64 Å². The molecule has 0 radical (unpaired) electrons. The number of carbonyl (C=O) groups is 1. The predicted molar refractivity (Wildman–Crippen MR) is 61.7 cm³/mol. The lowest BCUT2D eigenvalue weighted by molar-refractivity contribution is -0.483. The fourth-order valence-corrected chi connectivity index (χ4v) is 1.88. The first kappa shape index (κ1) is 12.0. The summed E-state index contributed by atoms with van der Waals surface area (Å²) >= 11 is 0. The number of hydrogen-bond acceptors (Lipinski definition) is 3. The van der Waals surface area contributed by atoms with Crippen LogP contribution >= 0.6 is 0 Å². The minimum Gasteiger partial charge on any atom is -0.378 e. The van der Waals surface area contributed by atoms with Gasteiger partial charge in [0.1, 0.15) is 0 Å². The normalized spacial score (nSPS) is 16.0. The van der Waals surface area contributed by atoms with Crippen molar-refractivity contribution >= 4 is 17.3 Å². The molecule has 1 heterocycles. The van der Waals surface area contributed by atoms with Gasteiger partial charge in [0.2, 0.25) is 0 Å². The highest BCUT2D eigenvalue weighted by molar-refractivity contribution is 5.66. The minimum atomic E-state index is -0.364. The van der Waals surface area contributed by atoms with E-state index in [0.717, 1.165) is 18.8 Å². The molecule has 1 aliphatic heterocycles. The van der Waals surface area contributed by atoms with Gasteiger partial charge in [-0.25, -0.2) is 14.5 Å². The number of morpholine rings is 1. The molecule has 1 saturated heterocycles. The number of anilines is 1. The zero-order valence-corrected chi connectivity index (χ0v) is 9.78. The van der Waals surface area contributed by atoms with Gasteiger partial charge in [-0.1, -0.05) is 0 Å². The van der Waals surface area contributed by atoms with Crippen molar-refractivity contribution in [3.8, 4) is 0 Å². The number of ether oxygens (including phenoxy) is 1. The summed E-state index contributed by atoms with van der Waals surface area (Å²) in [7, 11) is 0. The summed E-state index contributed by atoms with van der Waals surface area (Å²) in [5.74, 6) is -0.514. The summed E-state index contributed by atoms with van der Waals surface area (Å²) in [5, 5.41) is 1.32. The molecule has 5 heteroatoms. The number of rotatable bonds is 2. The van der Waals surface area contributed by atoms with Crippen LogP contribution in [0.5, 0.6) is 0 Å². The molecule has 0 atom stereocenters. The Morgan fingerprint density at radius 3 is 2.76 bits per heavy atom. The third-order valence-electron chi connectivity index (χ3n) is 2.71. The molecule has 1 fully saturated rings. The lowest BCUT2D eigenvalue weighted by Crippen LogP contribution is -2.81. The average Bonchev–Trinajstić information content (AvgIpc) is 2.32. The quantitative estimate of drug-likeness (QED) is 0.760. The lowest BCUT2D eigenvalue weighted by atomic mass is 10.2. The number of hydrogen-bond donors (Lipinski definition) is 1. The van der Waals surface area contributed by atoms with Crippen LogP contribution in [-0.2, 0) is 9.53 Å². The first-order chi connectivity index (χ1) is 8.16. The zero-order chi connectivity index (χ0) is 12.3. The van der Waals surface area contributed by atoms with E-state index in [-0.39, 0.29) is 11.7 Å². The van der Waals surface area contributed by atoms with Crippen LogP contribution < -0.4 is 10.2 Å². The third-order valence-corrected chi connectivity index (χ3v) is 2.71. The molecule has 0 unspecified atom stereocenters. The van der Waals surface area contributed by atoms with E-state index < -0.39 is 0 Å². The van der Waals surface area contributed by atoms with Gasteiger partial charge in [0, 0.05) is 24.8 Å². The molecular formula is C12H16FN2O2+. The second kappa shape index (κ2) is 5.25. The maximum atomic E-state index is 13.5. The molecule has 2 N–H and O–H groups in total. The van der Waals surface area contributed by atoms with Crippen molar-refractivity contribution in [3.63, 3.8) is 0 Å². The van der Waals surface area contributed by atoms with Crippen LogP contribution in [0.2, 0.25) is 0 Å². The molecule has 1 amide bonds. The van der Waals surface area contributed by atoms with Crippen LogP contribution in [0, 0.1) is 5.82 Å². The van der Waals surface area contributed by atoms with E-state index in [9.17, 15) is 9.18 Å². The summed E-state index contributed by atoms with van der Waals surface area (Å²) < 4.78 is 18.7. The molecule has 17 heavy (non-hydrogen) atoms. The highest BCUT2D eigenvalue weighted by atomic mass is 19.1. The Bertz CT molecular complexity index is 417. The van der Waals surface area contributed by atoms with Crippen LogP contribution in [0.3, 0.4) is 0 Å². The number of nitrogens with zero attached hydrogens (tertiary/aromatic N) is 1. The van der Waals surface area contributed by atoms with E-state index in [1.54, 1.807) is 12.1 Å². The topological polar surface area (TPSA) is 46.2 Å². The molecule has 1 aromatic rings. The second-order valence-corrected chi connectivity index (χ2v) is 4.06. The summed E-state index contributed by atoms with van der Waals surface area (Å²) in [5.41, 5.74) is 1.28. The summed E-state index contributed by atoms with van der Waals surface area (Å²) in [4.78, 5) is 13.1. The monoisotopic (exact) mass is 239 g/mol. The molecule has 1 aromatic carbocycles. The smallest absolute Gasteiger partial charge is 0.312 e. The first-order valence-electron chi connectivity index (χ1n) is 5.64. The molecule has 4 nitrogen and oxygen atoms in total. The number of amides is 1. The van der Waals surface area contributed by atoms with Gasteiger partial charge in [-0.2, -0.15) is 0 Å². The van der Waals surface area contributed by atoms with Gasteiger partial charge >= 0.3 is 5.91 Å². The van der Waals surface area contributed by atoms with E-state index in [1.807, 2.05) is 0 Å². The van der Waals surface area contributed by atoms with Crippen LogP contribution in [0.25, 0.3) is 0 Å². The third kappa shape index (κ3) is 3.01. The molecule has 0 spiro atoms. The van der Waals surface area contributed by atoms with Crippen LogP contribution in [0.1, 0.15) is 6.92 Å². The van der Waals surface area contributed by atoms with Crippen LogP contribution in [0.4, 0.5) is 15.8 Å². The minimum absolute atomic E-state index is 0.150. The van der Waals surface area contributed by atoms with Gasteiger partial charge in [-0.3, -0.25) is 0 Å². The van der Waals surface area contributed by atoms with E-state index in [2.05, 4.69) is 4.90 Å². The van der Waals surface area contributed by atoms with Gasteiger partial charge in [-0.15, -0.1) is 0 Å². The van der Waals surface area contributed by atoms with Gasteiger partial charge in [0.05, 0.1) is 20.1 Å². The number of carbonyl (C=O) groups excluding carboxylic acids is 1. The molecule has 1 aliphatic rings. The van der Waals surface area contributed by atoms with Crippen molar-refractivity contribution in [3.05, 3.63) is 24.0 Å². The average molecular weight is 239 g/mol. The molecule has 2 rings (SSSR count). The Balaban J connectivity index is 2.20. The summed E-state index contributed by atoms with van der Waals surface area (Å²) in [6, 6.07) is 4.85. The van der Waals surface area contributed by atoms with Gasteiger partial charge in [0.25, 0.3) is 0 Å². The first-order valence-corrected chi connectivity index (χ1v) is 5.64. The molecule has 0 saturated carbocycles. The van der Waals surface area contributed by atoms with E-state index in [1.165, 1.54) is 18.3 Å². The fourth-order valence-electron chi connectivity index (χ4n) is 1.88. The van der Waals surface area contributed by atoms with Crippen molar-refractivity contribution in [2.24, 2.45) is 0 Å². The maximum Gasteiger partial charge on any atom is 0.312 e. The predicted octanol–water partition coefficient (Wildman–Crippen LogP) is 0.404. The Morgan fingerprint density at radius 2 is 2.12 bits per heavy atom. The fraction of sp³-hybridized carbons (Fsp3) is 0.417. The summed E-state index contributed by atoms with van der Waals surface area (Å²) in [6.07, 6.45) is 0. The number of primary amides is 1. The van der Waals surface area contributed by atoms with Crippen LogP contribution in [0.15, 0.2) is 18.2 Å². The van der Waals surface area contributed by atoms with Crippen molar-refractivity contribution in [2.45, 2.75) is 6.92 Å². The molecule has 0 aromatic heterocycles. The standard InChI is InChI=1S/C12H15FN2O2/c1-9(16)14-12-8-10(2-3-11(12)13)15-4-6-17-7-5-15/h2-3,8H,4-7H2,1H3,(H,14,16)/p+1. The maximum absolute atomic E-state index is 13.5. The Hall–Kier alpha value is -1.46. The molecule has 92 valence electrons. The van der Waals surface area contributed by atoms with Crippen molar-refractivity contribution in [1.82, 2.24) is 0 Å². The number of nitrogens with two attached hydrogens (primary N) is 1. The molecule has 0 bridgehead atoms. The summed E-state index contributed by atoms with van der Waals surface area (Å²) in [6.45, 7) is 4.38. The van der Waals surface area contributed by atoms with Crippen molar-refractivity contribution < 1.29 is 19.2 Å². The van der Waals surface area contributed by atoms with Gasteiger partial charge in [0.15, 0.2) is 11.5 Å². The second-order valence-electron chi connectivity index (χ2n) is 4.06. The SMILES string of the molecule is CC(=O)[NH2+]c1cc(N2CCOCC2)ccc1F.